The first-order chi connectivity index (χ1) is 10.8. The van der Waals surface area contributed by atoms with Crippen LogP contribution in [0.2, 0.25) is 0 Å². The highest BCUT2D eigenvalue weighted by Gasteiger charge is 2.16. The maximum atomic E-state index is 11.6. The van der Waals surface area contributed by atoms with Gasteiger partial charge in [-0.3, -0.25) is 14.9 Å². The van der Waals surface area contributed by atoms with Gasteiger partial charge in [-0.05, 0) is 23.1 Å². The quantitative estimate of drug-likeness (QED) is 0.571. The van der Waals surface area contributed by atoms with E-state index in [2.05, 4.69) is 15.2 Å². The van der Waals surface area contributed by atoms with Crippen LogP contribution in [-0.4, -0.2) is 21.1 Å². The van der Waals surface area contributed by atoms with Crippen molar-refractivity contribution in [2.24, 2.45) is 5.73 Å². The summed E-state index contributed by atoms with van der Waals surface area (Å²) in [6, 6.07) is 13.8. The number of hydrogen-bond donors (Lipinski definition) is 2. The second kappa shape index (κ2) is 6.86. The number of nitrogens with two attached hydrogens (primary N) is 1. The van der Waals surface area contributed by atoms with E-state index in [1.165, 1.54) is 0 Å². The molecule has 2 aromatic carbocycles. The molecule has 0 fully saturated rings. The van der Waals surface area contributed by atoms with Crippen LogP contribution in [-0.2, 0) is 0 Å². The summed E-state index contributed by atoms with van der Waals surface area (Å²) in [4.78, 5) is 15.8. The number of nitrogens with one attached hydrogen (secondary N) is 1. The fourth-order valence-electron chi connectivity index (χ4n) is 2.79. The third-order valence-corrected chi connectivity index (χ3v) is 3.78. The summed E-state index contributed by atoms with van der Waals surface area (Å²) in [7, 11) is 0. The molecule has 0 aliphatic carbocycles. The number of hydrogen-bond acceptors (Lipinski definition) is 3. The minimum atomic E-state index is -0.519. The second-order valence-electron chi connectivity index (χ2n) is 5.07. The van der Waals surface area contributed by atoms with Gasteiger partial charge in [0.2, 0.25) is 0 Å². The van der Waals surface area contributed by atoms with Gasteiger partial charge in [0.15, 0.2) is 0 Å². The Morgan fingerprint density at radius 2 is 1.75 bits per heavy atom. The number of aromatic nitrogens is 3. The van der Waals surface area contributed by atoms with Crippen LogP contribution in [0.25, 0.3) is 32.8 Å². The Morgan fingerprint density at radius 3 is 2.42 bits per heavy atom. The lowest BCUT2D eigenvalue weighted by molar-refractivity contribution is 0.0997. The Bertz CT molecular complexity index is 1020. The van der Waals surface area contributed by atoms with Gasteiger partial charge < -0.3 is 5.73 Å². The van der Waals surface area contributed by atoms with Crippen LogP contribution in [0, 0.1) is 0 Å². The number of nitrogens with zero attached hydrogens (tertiary/aromatic N) is 2. The maximum absolute atomic E-state index is 11.6. The van der Waals surface area contributed by atoms with Crippen molar-refractivity contribution in [2.45, 2.75) is 0 Å². The molecule has 2 heterocycles. The summed E-state index contributed by atoms with van der Waals surface area (Å²) in [6.07, 6.45) is 3.54. The first-order valence-electron chi connectivity index (χ1n) is 6.86. The highest BCUT2D eigenvalue weighted by atomic mass is 35.5. The van der Waals surface area contributed by atoms with Gasteiger partial charge in [0.05, 0.1) is 0 Å². The molecule has 5 nitrogen and oxygen atoms in total. The monoisotopic (exact) mass is 360 g/mol. The highest BCUT2D eigenvalue weighted by Crippen LogP contribution is 2.34. The van der Waals surface area contributed by atoms with E-state index in [-0.39, 0.29) is 24.8 Å². The third-order valence-electron chi connectivity index (χ3n) is 3.78. The van der Waals surface area contributed by atoms with Gasteiger partial charge in [0.1, 0.15) is 11.2 Å². The van der Waals surface area contributed by atoms with E-state index >= 15 is 0 Å². The van der Waals surface area contributed by atoms with Crippen molar-refractivity contribution >= 4 is 52.4 Å². The van der Waals surface area contributed by atoms with Gasteiger partial charge in [0, 0.05) is 28.7 Å². The average molecular weight is 361 g/mol. The molecule has 0 saturated carbocycles. The van der Waals surface area contributed by atoms with Crippen LogP contribution < -0.4 is 5.73 Å². The predicted molar refractivity (Wildman–Crippen MR) is 99.8 cm³/mol. The van der Waals surface area contributed by atoms with E-state index in [0.717, 1.165) is 32.8 Å². The van der Waals surface area contributed by atoms with Crippen molar-refractivity contribution in [1.82, 2.24) is 15.2 Å². The Kier molecular flexibility index (Phi) is 5.07. The smallest absolute Gasteiger partial charge is 0.267 e. The zero-order valence-electron chi connectivity index (χ0n) is 12.4. The van der Waals surface area contributed by atoms with Crippen molar-refractivity contribution in [3.63, 3.8) is 0 Å². The highest BCUT2D eigenvalue weighted by molar-refractivity contribution is 6.16. The lowest BCUT2D eigenvalue weighted by atomic mass is 9.96. The molecule has 2 aromatic heterocycles. The molecule has 0 unspecified atom stereocenters. The van der Waals surface area contributed by atoms with Gasteiger partial charge in [0.25, 0.3) is 5.91 Å². The number of pyridine rings is 1. The lowest BCUT2D eigenvalue weighted by Crippen LogP contribution is -2.11. The van der Waals surface area contributed by atoms with E-state index in [4.69, 9.17) is 5.73 Å². The number of H-pyrrole nitrogens is 1. The topological polar surface area (TPSA) is 84.7 Å². The minimum absolute atomic E-state index is 0. The van der Waals surface area contributed by atoms with E-state index in [1.807, 2.05) is 42.5 Å². The Morgan fingerprint density at radius 1 is 1.00 bits per heavy atom. The molecule has 0 bridgehead atoms. The molecule has 122 valence electrons. The van der Waals surface area contributed by atoms with E-state index in [1.54, 1.807) is 12.4 Å². The fourth-order valence-corrected chi connectivity index (χ4v) is 2.79. The van der Waals surface area contributed by atoms with Crippen LogP contribution in [0.3, 0.4) is 0 Å². The van der Waals surface area contributed by atoms with Crippen molar-refractivity contribution < 1.29 is 4.79 Å². The van der Waals surface area contributed by atoms with Crippen LogP contribution >= 0.6 is 24.8 Å². The van der Waals surface area contributed by atoms with Crippen LogP contribution in [0.5, 0.6) is 0 Å². The summed E-state index contributed by atoms with van der Waals surface area (Å²) >= 11 is 0. The number of fused-ring (bicyclic) bond motifs is 3. The second-order valence-corrected chi connectivity index (χ2v) is 5.07. The Hall–Kier alpha value is -2.63. The number of halogens is 2. The molecule has 0 aliphatic rings. The molecule has 3 N–H and O–H groups in total. The SMILES string of the molecule is Cl.Cl.NC(=O)c1[nH]nc2c1cc(-c1cccnc1)c1ccccc12. The van der Waals surface area contributed by atoms with Crippen molar-refractivity contribution in [2.75, 3.05) is 0 Å². The predicted octanol–water partition coefficient (Wildman–Crippen LogP) is 3.72. The number of aromatic amines is 1. The summed E-state index contributed by atoms with van der Waals surface area (Å²) in [5.74, 6) is -0.519. The molecule has 0 aliphatic heterocycles. The van der Waals surface area contributed by atoms with Gasteiger partial charge in [-0.25, -0.2) is 0 Å². The van der Waals surface area contributed by atoms with Crippen molar-refractivity contribution in [3.05, 3.63) is 60.6 Å². The molecular formula is C17H14Cl2N4O. The molecule has 4 rings (SSSR count). The molecule has 0 spiro atoms. The normalized spacial score (nSPS) is 10.2. The molecule has 4 aromatic rings. The average Bonchev–Trinajstić information content (AvgIpc) is 2.99. The molecule has 0 radical (unpaired) electrons. The molecular weight excluding hydrogens is 347 g/mol. The lowest BCUT2D eigenvalue weighted by Gasteiger charge is -2.08. The van der Waals surface area contributed by atoms with Crippen molar-refractivity contribution in [1.29, 1.82) is 0 Å². The van der Waals surface area contributed by atoms with Crippen LogP contribution in [0.15, 0.2) is 54.9 Å². The van der Waals surface area contributed by atoms with Gasteiger partial charge in [-0.15, -0.1) is 24.8 Å². The zero-order chi connectivity index (χ0) is 15.1. The number of benzene rings is 2. The Labute approximate surface area is 150 Å². The molecule has 7 heteroatoms. The third kappa shape index (κ3) is 2.68. The summed E-state index contributed by atoms with van der Waals surface area (Å²) in [5, 5.41) is 9.77. The molecule has 0 atom stereocenters. The van der Waals surface area contributed by atoms with E-state index in [9.17, 15) is 4.79 Å². The fraction of sp³-hybridized carbons (Fsp3) is 0. The van der Waals surface area contributed by atoms with Gasteiger partial charge >= 0.3 is 0 Å². The Balaban J connectivity index is 0.00000104. The van der Waals surface area contributed by atoms with E-state index < -0.39 is 5.91 Å². The molecule has 24 heavy (non-hydrogen) atoms. The molecule has 0 saturated heterocycles. The van der Waals surface area contributed by atoms with Crippen LogP contribution in [0.4, 0.5) is 0 Å². The largest absolute Gasteiger partial charge is 0.364 e. The summed E-state index contributed by atoms with van der Waals surface area (Å²) < 4.78 is 0. The van der Waals surface area contributed by atoms with Crippen LogP contribution in [0.1, 0.15) is 10.5 Å². The first kappa shape index (κ1) is 17.7. The number of carbonyl (C=O) groups excluding carboxylic acids is 1. The summed E-state index contributed by atoms with van der Waals surface area (Å²) in [5.41, 5.74) is 8.49. The standard InChI is InChI=1S/C17H12N4O.2ClH/c18-17(22)16-14-8-13(10-4-3-7-19-9-10)11-5-1-2-6-12(11)15(14)20-21-16;;/h1-9H,(H2,18,22)(H,20,21);2*1H. The number of carbonyl (C=O) groups is 1. The molecule has 1 amide bonds. The minimum Gasteiger partial charge on any atom is -0.364 e. The van der Waals surface area contributed by atoms with Crippen molar-refractivity contribution in [3.8, 4) is 11.1 Å². The number of amides is 1. The zero-order valence-corrected chi connectivity index (χ0v) is 14.0. The van der Waals surface area contributed by atoms with Gasteiger partial charge in [-0.1, -0.05) is 30.3 Å². The maximum Gasteiger partial charge on any atom is 0.267 e. The first-order valence-corrected chi connectivity index (χ1v) is 6.86. The summed E-state index contributed by atoms with van der Waals surface area (Å²) in [6.45, 7) is 0. The van der Waals surface area contributed by atoms with Gasteiger partial charge in [-0.2, -0.15) is 5.10 Å². The number of primary amides is 1. The number of rotatable bonds is 2. The van der Waals surface area contributed by atoms with E-state index in [0.29, 0.717) is 5.69 Å².